The van der Waals surface area contributed by atoms with Gasteiger partial charge in [-0.15, -0.1) is 0 Å². The highest BCUT2D eigenvalue weighted by atomic mass is 16.6. The molecular weight excluding hydrogens is 174 g/mol. The van der Waals surface area contributed by atoms with E-state index < -0.39 is 18.1 Å². The number of esters is 1. The molecule has 0 aromatic rings. The number of ether oxygens (including phenoxy) is 1. The minimum Gasteiger partial charge on any atom is -0.374 e. The number of rotatable bonds is 3. The summed E-state index contributed by atoms with van der Waals surface area (Å²) in [6.07, 6.45) is -0.0884. The normalized spacial score (nSPS) is 22.4. The van der Waals surface area contributed by atoms with Crippen LogP contribution < -0.4 is 0 Å². The van der Waals surface area contributed by atoms with Crippen LogP contribution in [0.1, 0.15) is 20.3 Å². The number of amides is 2. The van der Waals surface area contributed by atoms with Gasteiger partial charge in [0.2, 0.25) is 6.41 Å². The molecule has 2 amide bonds. The summed E-state index contributed by atoms with van der Waals surface area (Å²) < 4.78 is 4.30. The average molecular weight is 185 g/mol. The molecule has 1 aliphatic rings. The molecule has 1 fully saturated rings. The zero-order valence-corrected chi connectivity index (χ0v) is 7.52. The second kappa shape index (κ2) is 3.55. The lowest BCUT2D eigenvalue weighted by Gasteiger charge is -2.14. The van der Waals surface area contributed by atoms with Gasteiger partial charge in [-0.3, -0.25) is 4.79 Å². The Balaban J connectivity index is 2.74. The van der Waals surface area contributed by atoms with Crippen molar-refractivity contribution in [3.63, 3.8) is 0 Å². The molecule has 0 saturated carbocycles. The molecule has 72 valence electrons. The Hall–Kier alpha value is -1.39. The molecule has 0 spiro atoms. The summed E-state index contributed by atoms with van der Waals surface area (Å²) in [5.74, 6) is -0.406. The van der Waals surface area contributed by atoms with Crippen molar-refractivity contribution in [3.8, 4) is 0 Å². The highest BCUT2D eigenvalue weighted by Crippen LogP contribution is 2.18. The first-order chi connectivity index (χ1) is 6.06. The van der Waals surface area contributed by atoms with Gasteiger partial charge in [0.1, 0.15) is 6.04 Å². The van der Waals surface area contributed by atoms with E-state index in [0.29, 0.717) is 12.8 Å². The lowest BCUT2D eigenvalue weighted by Crippen LogP contribution is -2.34. The Kier molecular flexibility index (Phi) is 2.65. The van der Waals surface area contributed by atoms with E-state index in [1.807, 2.05) is 13.8 Å². The molecule has 5 nitrogen and oxygen atoms in total. The predicted octanol–water partition coefficient (Wildman–Crippen LogP) is 0.536. The quantitative estimate of drug-likeness (QED) is 0.365. The van der Waals surface area contributed by atoms with Gasteiger partial charge < -0.3 is 4.74 Å². The first kappa shape index (κ1) is 9.70. The minimum atomic E-state index is -0.870. The fourth-order valence-corrected chi connectivity index (χ4v) is 1.22. The second-order valence-corrected chi connectivity index (χ2v) is 3.35. The number of carbonyl (C=O) groups is 3. The standard InChI is InChI=1S/C8H11NO4/c1-5(2)3-6-7(11)13-8(12)9(6)4-10/h4-6H,3H2,1-2H3/t6-/m0/s1. The molecule has 1 heterocycles. The number of carbonyl (C=O) groups excluding carboxylic acids is 3. The summed E-state index contributed by atoms with van der Waals surface area (Å²) >= 11 is 0. The maximum Gasteiger partial charge on any atom is 0.424 e. The number of nitrogens with zero attached hydrogens (tertiary/aromatic N) is 1. The minimum absolute atomic E-state index is 0.228. The summed E-state index contributed by atoms with van der Waals surface area (Å²) in [7, 11) is 0. The van der Waals surface area contributed by atoms with Gasteiger partial charge in [-0.05, 0) is 12.3 Å². The van der Waals surface area contributed by atoms with Gasteiger partial charge in [0.05, 0.1) is 0 Å². The summed E-state index contributed by atoms with van der Waals surface area (Å²) in [6.45, 7) is 3.80. The van der Waals surface area contributed by atoms with Crippen molar-refractivity contribution < 1.29 is 19.1 Å². The molecule has 5 heteroatoms. The van der Waals surface area contributed by atoms with Gasteiger partial charge >= 0.3 is 12.1 Å². The van der Waals surface area contributed by atoms with Crippen LogP contribution in [0.15, 0.2) is 0 Å². The van der Waals surface area contributed by atoms with E-state index in [-0.39, 0.29) is 5.92 Å². The molecular formula is C8H11NO4. The molecule has 0 bridgehead atoms. The molecule has 1 atom stereocenters. The van der Waals surface area contributed by atoms with Crippen LogP contribution in [0.4, 0.5) is 4.79 Å². The van der Waals surface area contributed by atoms with Gasteiger partial charge in [0.25, 0.3) is 0 Å². The number of hydrogen-bond acceptors (Lipinski definition) is 4. The van der Waals surface area contributed by atoms with Crippen molar-refractivity contribution in [1.29, 1.82) is 0 Å². The van der Waals surface area contributed by atoms with Gasteiger partial charge in [-0.1, -0.05) is 13.8 Å². The maximum atomic E-state index is 11.0. The summed E-state index contributed by atoms with van der Waals surface area (Å²) in [6, 6.07) is -0.731. The van der Waals surface area contributed by atoms with Crippen LogP contribution in [0.5, 0.6) is 0 Å². The van der Waals surface area contributed by atoms with Crippen LogP contribution in [0.2, 0.25) is 0 Å². The Bertz CT molecular complexity index is 249. The highest BCUT2D eigenvalue weighted by molar-refractivity contribution is 6.00. The van der Waals surface area contributed by atoms with Crippen LogP contribution in [0.3, 0.4) is 0 Å². The third kappa shape index (κ3) is 1.85. The zero-order valence-electron chi connectivity index (χ0n) is 7.52. The highest BCUT2D eigenvalue weighted by Gasteiger charge is 2.41. The molecule has 0 radical (unpaired) electrons. The topological polar surface area (TPSA) is 63.7 Å². The third-order valence-electron chi connectivity index (χ3n) is 1.81. The SMILES string of the molecule is CC(C)C[C@H]1C(=O)OC(=O)N1C=O. The van der Waals surface area contributed by atoms with Crippen LogP contribution >= 0.6 is 0 Å². The molecule has 0 aromatic carbocycles. The monoisotopic (exact) mass is 185 g/mol. The van der Waals surface area contributed by atoms with Gasteiger partial charge in [0, 0.05) is 0 Å². The van der Waals surface area contributed by atoms with E-state index in [0.717, 1.165) is 4.90 Å². The van der Waals surface area contributed by atoms with Crippen molar-refractivity contribution in [1.82, 2.24) is 4.90 Å². The lowest BCUT2D eigenvalue weighted by atomic mass is 10.0. The number of imide groups is 1. The largest absolute Gasteiger partial charge is 0.424 e. The number of hydrogen-bond donors (Lipinski definition) is 0. The molecule has 0 aliphatic carbocycles. The molecule has 1 rings (SSSR count). The summed E-state index contributed by atoms with van der Waals surface area (Å²) in [5.41, 5.74) is 0. The fourth-order valence-electron chi connectivity index (χ4n) is 1.22. The van der Waals surface area contributed by atoms with E-state index in [1.165, 1.54) is 0 Å². The summed E-state index contributed by atoms with van der Waals surface area (Å²) in [4.78, 5) is 33.1. The molecule has 13 heavy (non-hydrogen) atoms. The maximum absolute atomic E-state index is 11.0. The fraction of sp³-hybridized carbons (Fsp3) is 0.625. The van der Waals surface area contributed by atoms with E-state index in [1.54, 1.807) is 0 Å². The average Bonchev–Trinajstić information content (AvgIpc) is 2.26. The molecule has 0 unspecified atom stereocenters. The van der Waals surface area contributed by atoms with E-state index >= 15 is 0 Å². The van der Waals surface area contributed by atoms with Crippen LogP contribution in [-0.2, 0) is 14.3 Å². The van der Waals surface area contributed by atoms with Crippen molar-refractivity contribution in [2.45, 2.75) is 26.3 Å². The second-order valence-electron chi connectivity index (χ2n) is 3.35. The Morgan fingerprint density at radius 3 is 2.62 bits per heavy atom. The molecule has 1 aliphatic heterocycles. The van der Waals surface area contributed by atoms with Crippen LogP contribution in [0.25, 0.3) is 0 Å². The summed E-state index contributed by atoms with van der Waals surface area (Å²) in [5, 5.41) is 0. The zero-order chi connectivity index (χ0) is 10.0. The van der Waals surface area contributed by atoms with Crippen LogP contribution in [-0.4, -0.2) is 29.4 Å². The van der Waals surface area contributed by atoms with E-state index in [2.05, 4.69) is 4.74 Å². The molecule has 0 aromatic heterocycles. The van der Waals surface area contributed by atoms with Crippen molar-refractivity contribution in [2.24, 2.45) is 5.92 Å². The third-order valence-corrected chi connectivity index (χ3v) is 1.81. The molecule has 1 saturated heterocycles. The van der Waals surface area contributed by atoms with E-state index in [9.17, 15) is 14.4 Å². The van der Waals surface area contributed by atoms with E-state index in [4.69, 9.17) is 0 Å². The number of cyclic esters (lactones) is 2. The molecule has 0 N–H and O–H groups in total. The Morgan fingerprint density at radius 1 is 1.54 bits per heavy atom. The van der Waals surface area contributed by atoms with Crippen molar-refractivity contribution in [2.75, 3.05) is 0 Å². The van der Waals surface area contributed by atoms with Crippen molar-refractivity contribution in [3.05, 3.63) is 0 Å². The first-order valence-electron chi connectivity index (χ1n) is 4.05. The Labute approximate surface area is 75.6 Å². The van der Waals surface area contributed by atoms with Gasteiger partial charge in [-0.25, -0.2) is 14.5 Å². The predicted molar refractivity (Wildman–Crippen MR) is 42.6 cm³/mol. The van der Waals surface area contributed by atoms with Crippen molar-refractivity contribution >= 4 is 18.5 Å². The first-order valence-corrected chi connectivity index (χ1v) is 4.05. The van der Waals surface area contributed by atoms with Gasteiger partial charge in [-0.2, -0.15) is 0 Å². The van der Waals surface area contributed by atoms with Crippen LogP contribution in [0, 0.1) is 5.92 Å². The van der Waals surface area contributed by atoms with Gasteiger partial charge in [0.15, 0.2) is 0 Å². The smallest absolute Gasteiger partial charge is 0.374 e. The Morgan fingerprint density at radius 2 is 2.15 bits per heavy atom. The lowest BCUT2D eigenvalue weighted by molar-refractivity contribution is -0.137.